The minimum atomic E-state index is -0.942. The number of ether oxygens (including phenoxy) is 1. The number of Topliss-reactive ketones (excluding diaryl/α,β-unsaturated/α-hetero) is 1. The van der Waals surface area contributed by atoms with Gasteiger partial charge in [-0.3, -0.25) is 9.59 Å². The Labute approximate surface area is 189 Å². The number of aliphatic hydroxyl groups is 1. The zero-order valence-electron chi connectivity index (χ0n) is 17.8. The monoisotopic (exact) mass is 449 g/mol. The molecule has 33 heavy (non-hydrogen) atoms. The quantitative estimate of drug-likeness (QED) is 0.327. The van der Waals surface area contributed by atoms with E-state index >= 15 is 0 Å². The van der Waals surface area contributed by atoms with Crippen molar-refractivity contribution in [3.63, 3.8) is 0 Å². The molecule has 1 aliphatic heterocycles. The van der Waals surface area contributed by atoms with Crippen molar-refractivity contribution in [3.8, 4) is 5.75 Å². The average Bonchev–Trinajstić information content (AvgIpc) is 3.06. The Morgan fingerprint density at radius 2 is 1.48 bits per heavy atom. The molecule has 3 aromatic carbocycles. The van der Waals surface area contributed by atoms with Gasteiger partial charge in [0.2, 0.25) is 0 Å². The summed E-state index contributed by atoms with van der Waals surface area (Å²) in [6.45, 7) is 2.33. The van der Waals surface area contributed by atoms with E-state index in [4.69, 9.17) is 4.74 Å². The highest BCUT2D eigenvalue weighted by Gasteiger charge is 2.46. The number of rotatable bonds is 6. The van der Waals surface area contributed by atoms with Crippen molar-refractivity contribution in [2.75, 3.05) is 6.61 Å². The number of nitrogens with zero attached hydrogens (tertiary/aromatic N) is 1. The second-order valence-electron chi connectivity index (χ2n) is 7.56. The number of aliphatic hydroxyl groups excluding tert-OH is 1. The van der Waals surface area contributed by atoms with Gasteiger partial charge in [-0.1, -0.05) is 24.3 Å². The molecule has 5 nitrogen and oxygen atoms in total. The van der Waals surface area contributed by atoms with Gasteiger partial charge >= 0.3 is 0 Å². The summed E-state index contributed by atoms with van der Waals surface area (Å²) in [5.74, 6) is -2.29. The van der Waals surface area contributed by atoms with Crippen LogP contribution in [-0.2, 0) is 16.1 Å². The number of likely N-dealkylation sites (tertiary alicyclic amines) is 1. The van der Waals surface area contributed by atoms with E-state index in [9.17, 15) is 23.5 Å². The van der Waals surface area contributed by atoms with Crippen LogP contribution in [0.15, 0.2) is 78.4 Å². The molecule has 0 radical (unpaired) electrons. The summed E-state index contributed by atoms with van der Waals surface area (Å²) in [5, 5.41) is 11.1. The third-order valence-electron chi connectivity index (χ3n) is 5.43. The Morgan fingerprint density at radius 3 is 2.06 bits per heavy atom. The van der Waals surface area contributed by atoms with Gasteiger partial charge < -0.3 is 14.7 Å². The van der Waals surface area contributed by atoms with Crippen LogP contribution < -0.4 is 4.74 Å². The van der Waals surface area contributed by atoms with Gasteiger partial charge in [0, 0.05) is 12.1 Å². The molecule has 0 bridgehead atoms. The first-order valence-corrected chi connectivity index (χ1v) is 10.4. The van der Waals surface area contributed by atoms with Gasteiger partial charge in [0.15, 0.2) is 0 Å². The van der Waals surface area contributed by atoms with Gasteiger partial charge in [-0.05, 0) is 66.6 Å². The van der Waals surface area contributed by atoms with E-state index in [1.54, 1.807) is 24.3 Å². The summed E-state index contributed by atoms with van der Waals surface area (Å²) in [7, 11) is 0. The van der Waals surface area contributed by atoms with Gasteiger partial charge in [0.25, 0.3) is 11.7 Å². The molecule has 0 aromatic heterocycles. The molecule has 1 amide bonds. The van der Waals surface area contributed by atoms with Crippen LogP contribution >= 0.6 is 0 Å². The van der Waals surface area contributed by atoms with Crippen LogP contribution in [0.5, 0.6) is 5.75 Å². The number of amides is 1. The number of hydrogen-bond acceptors (Lipinski definition) is 4. The van der Waals surface area contributed by atoms with Gasteiger partial charge in [-0.25, -0.2) is 8.78 Å². The molecule has 168 valence electrons. The summed E-state index contributed by atoms with van der Waals surface area (Å²) in [6.07, 6.45) is 0. The molecule has 4 rings (SSSR count). The third kappa shape index (κ3) is 4.48. The Balaban J connectivity index is 1.80. The standard InChI is InChI=1S/C26H21F2NO4/c1-2-33-21-13-7-18(8-14-21)24(30)22-23(17-5-11-20(28)12-6-17)29(26(32)25(22)31)15-16-3-9-19(27)10-4-16/h3-14,23,30H,2,15H2,1H3/b24-22-. The van der Waals surface area contributed by atoms with Crippen LogP contribution in [0.1, 0.15) is 29.7 Å². The number of halogens is 2. The molecule has 1 saturated heterocycles. The maximum atomic E-state index is 13.6. The lowest BCUT2D eigenvalue weighted by Gasteiger charge is -2.25. The smallest absolute Gasteiger partial charge is 0.295 e. The van der Waals surface area contributed by atoms with Crippen molar-refractivity contribution in [1.82, 2.24) is 4.90 Å². The number of carbonyl (C=O) groups excluding carboxylic acids is 2. The molecule has 7 heteroatoms. The first-order chi connectivity index (χ1) is 15.9. The molecule has 0 aliphatic carbocycles. The topological polar surface area (TPSA) is 66.8 Å². The van der Waals surface area contributed by atoms with Crippen LogP contribution in [0.4, 0.5) is 8.78 Å². The zero-order chi connectivity index (χ0) is 23.5. The second-order valence-corrected chi connectivity index (χ2v) is 7.56. The Bertz CT molecular complexity index is 1200. The van der Waals surface area contributed by atoms with Crippen LogP contribution in [-0.4, -0.2) is 28.3 Å². The van der Waals surface area contributed by atoms with Crippen molar-refractivity contribution in [3.05, 3.63) is 107 Å². The predicted octanol–water partition coefficient (Wildman–Crippen LogP) is 4.99. The molecule has 3 aromatic rings. The summed E-state index contributed by atoms with van der Waals surface area (Å²) in [6, 6.07) is 16.5. The molecule has 0 saturated carbocycles. The number of benzene rings is 3. The molecule has 1 heterocycles. The number of carbonyl (C=O) groups is 2. The van der Waals surface area contributed by atoms with Gasteiger partial charge in [0.1, 0.15) is 23.1 Å². The number of ketones is 1. The molecular formula is C26H21F2NO4. The Hall–Kier alpha value is -4.00. The Morgan fingerprint density at radius 1 is 0.909 bits per heavy atom. The van der Waals surface area contributed by atoms with Gasteiger partial charge in [-0.2, -0.15) is 0 Å². The summed E-state index contributed by atoms with van der Waals surface area (Å²) >= 11 is 0. The fraction of sp³-hybridized carbons (Fsp3) is 0.154. The highest BCUT2D eigenvalue weighted by atomic mass is 19.1. The highest BCUT2D eigenvalue weighted by molar-refractivity contribution is 6.46. The van der Waals surface area contributed by atoms with Crippen molar-refractivity contribution in [2.45, 2.75) is 19.5 Å². The largest absolute Gasteiger partial charge is 0.507 e. The fourth-order valence-corrected chi connectivity index (χ4v) is 3.85. The Kier molecular flexibility index (Phi) is 6.22. The summed E-state index contributed by atoms with van der Waals surface area (Å²) < 4.78 is 32.3. The van der Waals surface area contributed by atoms with E-state index in [0.29, 0.717) is 29.0 Å². The predicted molar refractivity (Wildman–Crippen MR) is 118 cm³/mol. The first-order valence-electron chi connectivity index (χ1n) is 10.4. The van der Waals surface area contributed by atoms with Crippen molar-refractivity contribution in [2.24, 2.45) is 0 Å². The lowest BCUT2D eigenvalue weighted by Crippen LogP contribution is -2.29. The second kappa shape index (κ2) is 9.24. The van der Waals surface area contributed by atoms with Crippen molar-refractivity contribution in [1.29, 1.82) is 0 Å². The highest BCUT2D eigenvalue weighted by Crippen LogP contribution is 2.40. The molecule has 1 atom stereocenters. The van der Waals surface area contributed by atoms with Crippen LogP contribution in [0.2, 0.25) is 0 Å². The first kappa shape index (κ1) is 22.2. The lowest BCUT2D eigenvalue weighted by molar-refractivity contribution is -0.140. The van der Waals surface area contributed by atoms with E-state index in [2.05, 4.69) is 0 Å². The maximum absolute atomic E-state index is 13.6. The molecule has 1 N–H and O–H groups in total. The van der Waals surface area contributed by atoms with Crippen LogP contribution in [0, 0.1) is 11.6 Å². The van der Waals surface area contributed by atoms with E-state index in [-0.39, 0.29) is 17.9 Å². The maximum Gasteiger partial charge on any atom is 0.295 e. The number of hydrogen-bond donors (Lipinski definition) is 1. The zero-order valence-corrected chi connectivity index (χ0v) is 17.8. The minimum Gasteiger partial charge on any atom is -0.507 e. The molecule has 0 spiro atoms. The van der Waals surface area contributed by atoms with E-state index < -0.39 is 29.4 Å². The van der Waals surface area contributed by atoms with Crippen molar-refractivity contribution < 1.29 is 28.2 Å². The third-order valence-corrected chi connectivity index (χ3v) is 5.43. The van der Waals surface area contributed by atoms with Crippen molar-refractivity contribution >= 4 is 17.4 Å². The van der Waals surface area contributed by atoms with Crippen LogP contribution in [0.25, 0.3) is 5.76 Å². The van der Waals surface area contributed by atoms with Crippen LogP contribution in [0.3, 0.4) is 0 Å². The average molecular weight is 449 g/mol. The normalized spacial score (nSPS) is 17.4. The van der Waals surface area contributed by atoms with Gasteiger partial charge in [-0.15, -0.1) is 0 Å². The molecule has 1 unspecified atom stereocenters. The fourth-order valence-electron chi connectivity index (χ4n) is 3.85. The molecule has 1 fully saturated rings. The van der Waals surface area contributed by atoms with Gasteiger partial charge in [0.05, 0.1) is 18.2 Å². The summed E-state index contributed by atoms with van der Waals surface area (Å²) in [4.78, 5) is 27.3. The van der Waals surface area contributed by atoms with E-state index in [1.807, 2.05) is 6.92 Å². The lowest BCUT2D eigenvalue weighted by atomic mass is 9.95. The minimum absolute atomic E-state index is 0.00690. The SMILES string of the molecule is CCOc1ccc(/C(O)=C2/C(=O)C(=O)N(Cc3ccc(F)cc3)C2c2ccc(F)cc2)cc1. The van der Waals surface area contributed by atoms with E-state index in [1.165, 1.54) is 53.4 Å². The van der Waals surface area contributed by atoms with E-state index in [0.717, 1.165) is 0 Å². The molecule has 1 aliphatic rings. The summed E-state index contributed by atoms with van der Waals surface area (Å²) in [5.41, 5.74) is 1.31. The molecular weight excluding hydrogens is 428 g/mol.